The predicted molar refractivity (Wildman–Crippen MR) is 277 cm³/mol. The van der Waals surface area contributed by atoms with Crippen LogP contribution in [0.3, 0.4) is 0 Å². The van der Waals surface area contributed by atoms with Gasteiger partial charge in [0, 0.05) is 17.1 Å². The number of rotatable bonds is 6. The molecular formula is C65H43N. The molecule has 2 aliphatic rings. The van der Waals surface area contributed by atoms with Crippen LogP contribution < -0.4 is 4.90 Å². The second kappa shape index (κ2) is 15.3. The lowest BCUT2D eigenvalue weighted by Crippen LogP contribution is -2.28. The molecule has 1 heteroatoms. The van der Waals surface area contributed by atoms with Gasteiger partial charge < -0.3 is 4.90 Å². The summed E-state index contributed by atoms with van der Waals surface area (Å²) in [7, 11) is 0. The minimum absolute atomic E-state index is 0.531. The molecular weight excluding hydrogens is 795 g/mol. The Morgan fingerprint density at radius 1 is 0.242 bits per heavy atom. The zero-order valence-corrected chi connectivity index (χ0v) is 36.3. The van der Waals surface area contributed by atoms with Gasteiger partial charge in [0.25, 0.3) is 0 Å². The monoisotopic (exact) mass is 837 g/mol. The number of fused-ring (bicyclic) bond motifs is 12. The van der Waals surface area contributed by atoms with E-state index < -0.39 is 5.41 Å². The Kier molecular flexibility index (Phi) is 8.82. The molecule has 0 fully saturated rings. The van der Waals surface area contributed by atoms with Crippen LogP contribution in [-0.2, 0) is 5.41 Å². The second-order valence-corrected chi connectivity index (χ2v) is 17.5. The fraction of sp³-hybridized carbons (Fsp3) is 0.0154. The van der Waals surface area contributed by atoms with Crippen molar-refractivity contribution in [2.75, 3.05) is 4.90 Å². The van der Waals surface area contributed by atoms with E-state index in [2.05, 4.69) is 266 Å². The molecule has 0 bridgehead atoms. The van der Waals surface area contributed by atoms with Crippen molar-refractivity contribution in [2.24, 2.45) is 0 Å². The SMILES string of the molecule is c1ccc(C2(c3ccccc3)c3ccccc3-c3ccc(N(c4ccc(-c5cccc6ccccc56)cc4)c4ccc5c(c4)-c4ccccc4-c4ccccc4-c4ccccc4-5)cc32)cc1. The van der Waals surface area contributed by atoms with Crippen molar-refractivity contribution in [1.29, 1.82) is 0 Å². The Hall–Kier alpha value is -8.52. The molecule has 308 valence electrons. The lowest BCUT2D eigenvalue weighted by molar-refractivity contribution is 0.768. The van der Waals surface area contributed by atoms with Gasteiger partial charge in [-0.3, -0.25) is 0 Å². The standard InChI is InChI=1S/C65H43N/c1-3-20-46(21-4-1)65(47-22-5-2-6-23-47)63-33-16-15-31-60(63)61-41-39-50(43-64(61)65)66(48-36-34-45(35-37-48)52-32-17-19-44-18-7-8-24-51(44)52)49-38-40-59-57-29-12-11-27-55(57)53-25-9-10-26-54(53)56-28-13-14-30-58(56)62(59)42-49/h1-43H. The Morgan fingerprint density at radius 3 is 1.26 bits per heavy atom. The van der Waals surface area contributed by atoms with Crippen LogP contribution >= 0.6 is 0 Å². The highest BCUT2D eigenvalue weighted by Crippen LogP contribution is 2.58. The number of hydrogen-bond acceptors (Lipinski definition) is 1. The first-order valence-corrected chi connectivity index (χ1v) is 22.9. The molecule has 0 saturated carbocycles. The molecule has 13 rings (SSSR count). The van der Waals surface area contributed by atoms with Gasteiger partial charge in [0.2, 0.25) is 0 Å². The molecule has 11 aromatic carbocycles. The minimum Gasteiger partial charge on any atom is -0.310 e. The normalized spacial score (nSPS) is 12.7. The molecule has 1 nitrogen and oxygen atoms in total. The van der Waals surface area contributed by atoms with Crippen LogP contribution in [0, 0.1) is 0 Å². The molecule has 0 spiro atoms. The Morgan fingerprint density at radius 2 is 0.652 bits per heavy atom. The maximum absolute atomic E-state index is 2.48. The van der Waals surface area contributed by atoms with Gasteiger partial charge in [-0.25, -0.2) is 0 Å². The lowest BCUT2D eigenvalue weighted by atomic mass is 9.67. The van der Waals surface area contributed by atoms with Gasteiger partial charge in [-0.2, -0.15) is 0 Å². The molecule has 0 saturated heterocycles. The highest BCUT2D eigenvalue weighted by atomic mass is 15.1. The topological polar surface area (TPSA) is 3.24 Å². The molecule has 66 heavy (non-hydrogen) atoms. The summed E-state index contributed by atoms with van der Waals surface area (Å²) in [6, 6.07) is 96.6. The van der Waals surface area contributed by atoms with E-state index in [-0.39, 0.29) is 0 Å². The molecule has 0 amide bonds. The maximum atomic E-state index is 2.48. The Balaban J connectivity index is 1.06. The summed E-state index contributed by atoms with van der Waals surface area (Å²) in [5, 5.41) is 2.49. The summed E-state index contributed by atoms with van der Waals surface area (Å²) in [6.45, 7) is 0. The average molecular weight is 838 g/mol. The van der Waals surface area contributed by atoms with E-state index in [9.17, 15) is 0 Å². The van der Waals surface area contributed by atoms with Crippen LogP contribution in [0.1, 0.15) is 22.3 Å². The van der Waals surface area contributed by atoms with Crippen molar-refractivity contribution < 1.29 is 0 Å². The van der Waals surface area contributed by atoms with Gasteiger partial charge in [0.15, 0.2) is 0 Å². The summed E-state index contributed by atoms with van der Waals surface area (Å²) in [5.74, 6) is 0. The molecule has 0 atom stereocenters. The van der Waals surface area contributed by atoms with Gasteiger partial charge in [-0.1, -0.05) is 224 Å². The first-order chi connectivity index (χ1) is 32.8. The smallest absolute Gasteiger partial charge is 0.0714 e. The number of anilines is 3. The summed E-state index contributed by atoms with van der Waals surface area (Å²) in [5.41, 5.74) is 22.6. The lowest BCUT2D eigenvalue weighted by Gasteiger charge is -2.35. The Bertz CT molecular complexity index is 3590. The predicted octanol–water partition coefficient (Wildman–Crippen LogP) is 17.3. The van der Waals surface area contributed by atoms with Crippen molar-refractivity contribution >= 4 is 27.8 Å². The van der Waals surface area contributed by atoms with Crippen LogP contribution in [0.2, 0.25) is 0 Å². The first-order valence-electron chi connectivity index (χ1n) is 22.9. The fourth-order valence-corrected chi connectivity index (χ4v) is 11.3. The van der Waals surface area contributed by atoms with Crippen LogP contribution in [0.4, 0.5) is 17.1 Å². The number of benzene rings is 11. The third-order valence-corrected chi connectivity index (χ3v) is 14.1. The fourth-order valence-electron chi connectivity index (χ4n) is 11.3. The van der Waals surface area contributed by atoms with E-state index in [4.69, 9.17) is 0 Å². The van der Waals surface area contributed by atoms with Crippen molar-refractivity contribution in [2.45, 2.75) is 5.41 Å². The molecule has 11 aromatic rings. The van der Waals surface area contributed by atoms with E-state index in [1.54, 1.807) is 0 Å². The van der Waals surface area contributed by atoms with Gasteiger partial charge in [0.05, 0.1) is 5.41 Å². The van der Waals surface area contributed by atoms with E-state index in [0.717, 1.165) is 17.1 Å². The quantitative estimate of drug-likeness (QED) is 0.161. The summed E-state index contributed by atoms with van der Waals surface area (Å²) in [6.07, 6.45) is 0. The highest BCUT2D eigenvalue weighted by molar-refractivity contribution is 6.04. The summed E-state index contributed by atoms with van der Waals surface area (Å²) in [4.78, 5) is 2.47. The van der Waals surface area contributed by atoms with E-state index in [1.807, 2.05) is 0 Å². The van der Waals surface area contributed by atoms with Gasteiger partial charge in [-0.15, -0.1) is 0 Å². The van der Waals surface area contributed by atoms with Crippen molar-refractivity contribution in [3.8, 4) is 66.8 Å². The van der Waals surface area contributed by atoms with Gasteiger partial charge in [0.1, 0.15) is 0 Å². The first kappa shape index (κ1) is 38.0. The molecule has 0 N–H and O–H groups in total. The van der Waals surface area contributed by atoms with Crippen LogP contribution in [0.5, 0.6) is 0 Å². The van der Waals surface area contributed by atoms with Crippen molar-refractivity contribution in [3.63, 3.8) is 0 Å². The second-order valence-electron chi connectivity index (χ2n) is 17.5. The van der Waals surface area contributed by atoms with E-state index in [1.165, 1.54) is 99.8 Å². The molecule has 2 aliphatic carbocycles. The third kappa shape index (κ3) is 5.80. The van der Waals surface area contributed by atoms with E-state index >= 15 is 0 Å². The summed E-state index contributed by atoms with van der Waals surface area (Å²) < 4.78 is 0. The Labute approximate surface area is 386 Å². The highest BCUT2D eigenvalue weighted by Gasteiger charge is 2.46. The maximum Gasteiger partial charge on any atom is 0.0714 e. The molecule has 0 aromatic heterocycles. The van der Waals surface area contributed by atoms with Crippen LogP contribution in [0.25, 0.3) is 77.5 Å². The largest absolute Gasteiger partial charge is 0.310 e. The van der Waals surface area contributed by atoms with Crippen LogP contribution in [0.15, 0.2) is 261 Å². The third-order valence-electron chi connectivity index (χ3n) is 14.1. The van der Waals surface area contributed by atoms with E-state index in [0.29, 0.717) is 0 Å². The molecule has 0 unspecified atom stereocenters. The number of nitrogens with zero attached hydrogens (tertiary/aromatic N) is 1. The zero-order valence-electron chi connectivity index (χ0n) is 36.3. The van der Waals surface area contributed by atoms with Crippen molar-refractivity contribution in [3.05, 3.63) is 283 Å². The van der Waals surface area contributed by atoms with Crippen molar-refractivity contribution in [1.82, 2.24) is 0 Å². The molecule has 0 aliphatic heterocycles. The average Bonchev–Trinajstić information content (AvgIpc) is 3.69. The van der Waals surface area contributed by atoms with Gasteiger partial charge in [-0.05, 0) is 136 Å². The zero-order chi connectivity index (χ0) is 43.6. The summed E-state index contributed by atoms with van der Waals surface area (Å²) >= 11 is 0. The minimum atomic E-state index is -0.531. The molecule has 0 radical (unpaired) electrons. The van der Waals surface area contributed by atoms with Gasteiger partial charge >= 0.3 is 0 Å². The number of hydrogen-bond donors (Lipinski definition) is 0. The van der Waals surface area contributed by atoms with Crippen LogP contribution in [-0.4, -0.2) is 0 Å². The molecule has 0 heterocycles.